The van der Waals surface area contributed by atoms with Crippen molar-refractivity contribution in [2.24, 2.45) is 0 Å². The first kappa shape index (κ1) is 15.5. The van der Waals surface area contributed by atoms with E-state index in [-0.39, 0.29) is 16.1 Å². The number of benzene rings is 2. The molecule has 0 amide bonds. The first-order valence-corrected chi connectivity index (χ1v) is 7.06. The molecule has 0 aliphatic heterocycles. The zero-order chi connectivity index (χ0) is 17.3. The Hall–Kier alpha value is -3.40. The molecule has 0 saturated heterocycles. The summed E-state index contributed by atoms with van der Waals surface area (Å²) in [5.74, 6) is 0.373. The molecule has 0 saturated carbocycles. The maximum Gasteiger partial charge on any atom is 0.301 e. The number of aromatic nitrogens is 3. The fourth-order valence-electron chi connectivity index (χ4n) is 2.24. The van der Waals surface area contributed by atoms with E-state index in [2.05, 4.69) is 10.1 Å². The van der Waals surface area contributed by atoms with Crippen molar-refractivity contribution in [3.8, 4) is 17.1 Å². The van der Waals surface area contributed by atoms with E-state index < -0.39 is 15.5 Å². The molecule has 0 spiro atoms. The lowest BCUT2D eigenvalue weighted by molar-refractivity contribution is -0.394. The summed E-state index contributed by atoms with van der Waals surface area (Å²) in [6.07, 6.45) is 0. The number of nitrogens with zero attached hydrogens (tertiary/aromatic N) is 4. The lowest BCUT2D eigenvalue weighted by Crippen LogP contribution is -2.04. The number of rotatable bonds is 4. The normalized spacial score (nSPS) is 10.5. The van der Waals surface area contributed by atoms with Crippen molar-refractivity contribution in [2.45, 2.75) is 0 Å². The number of nitro groups is 2. The molecule has 0 radical (unpaired) electrons. The fourth-order valence-corrected chi connectivity index (χ4v) is 2.41. The van der Waals surface area contributed by atoms with E-state index in [0.717, 1.165) is 6.07 Å². The molecule has 120 valence electrons. The molecule has 0 bridgehead atoms. The van der Waals surface area contributed by atoms with Gasteiger partial charge in [0.25, 0.3) is 5.69 Å². The van der Waals surface area contributed by atoms with Gasteiger partial charge in [-0.25, -0.2) is 4.68 Å². The van der Waals surface area contributed by atoms with Crippen LogP contribution in [0.2, 0.25) is 0 Å². The van der Waals surface area contributed by atoms with Gasteiger partial charge in [-0.3, -0.25) is 25.3 Å². The number of nitrogens with one attached hydrogen (secondary N) is 1. The number of hydrogen-bond acceptors (Lipinski definition) is 6. The molecule has 0 fully saturated rings. The second kappa shape index (κ2) is 6.01. The Balaban J connectivity index is 2.26. The minimum Gasteiger partial charge on any atom is -0.266 e. The zero-order valence-electron chi connectivity index (χ0n) is 11.9. The summed E-state index contributed by atoms with van der Waals surface area (Å²) in [5.41, 5.74) is 0.000934. The maximum atomic E-state index is 11.3. The lowest BCUT2D eigenvalue weighted by atomic mass is 10.2. The zero-order valence-corrected chi connectivity index (χ0v) is 12.8. The summed E-state index contributed by atoms with van der Waals surface area (Å²) in [5, 5.41) is 24.9. The Morgan fingerprint density at radius 2 is 1.75 bits per heavy atom. The van der Waals surface area contributed by atoms with Crippen LogP contribution in [-0.2, 0) is 0 Å². The number of hydrogen-bond donors (Lipinski definition) is 1. The van der Waals surface area contributed by atoms with Crippen LogP contribution in [0.1, 0.15) is 0 Å². The highest BCUT2D eigenvalue weighted by molar-refractivity contribution is 7.71. The van der Waals surface area contributed by atoms with E-state index >= 15 is 0 Å². The summed E-state index contributed by atoms with van der Waals surface area (Å²) in [7, 11) is 0. The second-order valence-corrected chi connectivity index (χ2v) is 5.13. The quantitative estimate of drug-likeness (QED) is 0.440. The summed E-state index contributed by atoms with van der Waals surface area (Å²) < 4.78 is 1.49. The molecule has 9 nitrogen and oxygen atoms in total. The number of aromatic amines is 1. The molecule has 0 aliphatic carbocycles. The van der Waals surface area contributed by atoms with Crippen LogP contribution in [-0.4, -0.2) is 24.6 Å². The molecular formula is C14H9N5O4S. The Labute approximate surface area is 139 Å². The SMILES string of the molecule is O=[N+]([O-])c1ccc(-n2[nH]c(=S)nc2-c2ccccc2)c([N+](=O)[O-])c1. The predicted octanol–water partition coefficient (Wildman–Crippen LogP) is 3.41. The lowest BCUT2D eigenvalue weighted by Gasteiger charge is -2.07. The number of nitro benzene ring substituents is 2. The Morgan fingerprint density at radius 3 is 2.38 bits per heavy atom. The number of non-ortho nitro benzene ring substituents is 1. The van der Waals surface area contributed by atoms with Crippen molar-refractivity contribution in [1.82, 2.24) is 14.8 Å². The average Bonchev–Trinajstić information content (AvgIpc) is 2.96. The van der Waals surface area contributed by atoms with E-state index in [4.69, 9.17) is 12.2 Å². The third kappa shape index (κ3) is 2.77. The van der Waals surface area contributed by atoms with Crippen LogP contribution in [0.5, 0.6) is 0 Å². The van der Waals surface area contributed by atoms with E-state index in [0.29, 0.717) is 11.4 Å². The molecule has 1 N–H and O–H groups in total. The smallest absolute Gasteiger partial charge is 0.266 e. The Kier molecular flexibility index (Phi) is 3.88. The highest BCUT2D eigenvalue weighted by Gasteiger charge is 2.23. The van der Waals surface area contributed by atoms with Crippen molar-refractivity contribution >= 4 is 23.6 Å². The summed E-state index contributed by atoms with van der Waals surface area (Å²) in [6.45, 7) is 0. The van der Waals surface area contributed by atoms with E-state index in [1.165, 1.54) is 16.8 Å². The first-order valence-electron chi connectivity index (χ1n) is 6.65. The van der Waals surface area contributed by atoms with Crippen LogP contribution in [0.15, 0.2) is 48.5 Å². The molecule has 3 rings (SSSR count). The Bertz CT molecular complexity index is 996. The molecular weight excluding hydrogens is 334 g/mol. The molecule has 1 aromatic heterocycles. The van der Waals surface area contributed by atoms with Crippen LogP contribution in [0, 0.1) is 25.0 Å². The van der Waals surface area contributed by atoms with Gasteiger partial charge in [0.05, 0.1) is 15.9 Å². The van der Waals surface area contributed by atoms with E-state index in [9.17, 15) is 20.2 Å². The van der Waals surface area contributed by atoms with Crippen LogP contribution in [0.4, 0.5) is 11.4 Å². The molecule has 10 heteroatoms. The van der Waals surface area contributed by atoms with Gasteiger partial charge in [-0.05, 0) is 18.3 Å². The molecule has 0 atom stereocenters. The minimum atomic E-state index is -0.689. The average molecular weight is 343 g/mol. The predicted molar refractivity (Wildman–Crippen MR) is 87.5 cm³/mol. The number of H-pyrrole nitrogens is 1. The topological polar surface area (TPSA) is 120 Å². The van der Waals surface area contributed by atoms with Gasteiger partial charge < -0.3 is 0 Å². The van der Waals surface area contributed by atoms with Crippen LogP contribution < -0.4 is 0 Å². The second-order valence-electron chi connectivity index (χ2n) is 4.74. The van der Waals surface area contributed by atoms with Gasteiger partial charge in [-0.15, -0.1) is 0 Å². The summed E-state index contributed by atoms with van der Waals surface area (Å²) in [6, 6.07) is 12.3. The highest BCUT2D eigenvalue weighted by Crippen LogP contribution is 2.30. The summed E-state index contributed by atoms with van der Waals surface area (Å²) >= 11 is 5.03. The van der Waals surface area contributed by atoms with Gasteiger partial charge in [0.15, 0.2) is 5.82 Å². The van der Waals surface area contributed by atoms with Crippen LogP contribution >= 0.6 is 12.2 Å². The van der Waals surface area contributed by atoms with Crippen molar-refractivity contribution in [1.29, 1.82) is 0 Å². The third-order valence-electron chi connectivity index (χ3n) is 3.27. The van der Waals surface area contributed by atoms with Gasteiger partial charge >= 0.3 is 5.69 Å². The van der Waals surface area contributed by atoms with Gasteiger partial charge in [-0.1, -0.05) is 30.3 Å². The molecule has 1 heterocycles. The van der Waals surface area contributed by atoms with Crippen LogP contribution in [0.25, 0.3) is 17.1 Å². The largest absolute Gasteiger partial charge is 0.301 e. The minimum absolute atomic E-state index is 0.105. The summed E-state index contributed by atoms with van der Waals surface area (Å²) in [4.78, 5) is 25.0. The first-order chi connectivity index (χ1) is 11.5. The standard InChI is InChI=1S/C14H9N5O4S/c20-18(21)10-6-7-11(12(8-10)19(22)23)17-13(15-14(24)16-17)9-4-2-1-3-5-9/h1-8H,(H,16,24). The molecule has 2 aromatic carbocycles. The van der Waals surface area contributed by atoms with Gasteiger partial charge in [0.2, 0.25) is 4.77 Å². The van der Waals surface area contributed by atoms with Gasteiger partial charge in [-0.2, -0.15) is 4.98 Å². The van der Waals surface area contributed by atoms with Crippen LogP contribution in [0.3, 0.4) is 0 Å². The molecule has 24 heavy (non-hydrogen) atoms. The maximum absolute atomic E-state index is 11.3. The fraction of sp³-hybridized carbons (Fsp3) is 0. The Morgan fingerprint density at radius 1 is 1.04 bits per heavy atom. The molecule has 3 aromatic rings. The van der Waals surface area contributed by atoms with Crippen molar-refractivity contribution in [2.75, 3.05) is 0 Å². The van der Waals surface area contributed by atoms with Crippen molar-refractivity contribution < 1.29 is 9.85 Å². The van der Waals surface area contributed by atoms with E-state index in [1.54, 1.807) is 24.3 Å². The third-order valence-corrected chi connectivity index (χ3v) is 3.45. The highest BCUT2D eigenvalue weighted by atomic mass is 32.1. The van der Waals surface area contributed by atoms with E-state index in [1.807, 2.05) is 6.07 Å². The van der Waals surface area contributed by atoms with Crippen molar-refractivity contribution in [3.63, 3.8) is 0 Å². The van der Waals surface area contributed by atoms with Crippen molar-refractivity contribution in [3.05, 3.63) is 73.5 Å². The van der Waals surface area contributed by atoms with Gasteiger partial charge in [0.1, 0.15) is 5.69 Å². The molecule has 0 aliphatic rings. The molecule has 0 unspecified atom stereocenters. The monoisotopic (exact) mass is 343 g/mol. The van der Waals surface area contributed by atoms with Gasteiger partial charge in [0, 0.05) is 11.6 Å².